The van der Waals surface area contributed by atoms with Crippen molar-refractivity contribution in [2.24, 2.45) is 0 Å². The lowest BCUT2D eigenvalue weighted by molar-refractivity contribution is -0.119. The number of hydrogen-bond donors (Lipinski definition) is 2. The summed E-state index contributed by atoms with van der Waals surface area (Å²) in [5.74, 6) is -0.207. The molecular weight excluding hydrogens is 406 g/mol. The van der Waals surface area contributed by atoms with E-state index in [9.17, 15) is 4.79 Å². The van der Waals surface area contributed by atoms with Gasteiger partial charge in [-0.15, -0.1) is 10.2 Å². The molecule has 0 aliphatic carbocycles. The molecular formula is C21H16ClN5OS. The van der Waals surface area contributed by atoms with Gasteiger partial charge in [0.15, 0.2) is 5.11 Å². The Morgan fingerprint density at radius 3 is 2.28 bits per heavy atom. The van der Waals surface area contributed by atoms with Gasteiger partial charge in [-0.1, -0.05) is 60.1 Å². The van der Waals surface area contributed by atoms with Gasteiger partial charge in [0.25, 0.3) is 0 Å². The molecule has 0 saturated heterocycles. The lowest BCUT2D eigenvalue weighted by Crippen LogP contribution is -2.35. The molecule has 2 N–H and O–H groups in total. The summed E-state index contributed by atoms with van der Waals surface area (Å²) in [4.78, 5) is 13.7. The number of rotatable bonds is 4. The van der Waals surface area contributed by atoms with Crippen molar-refractivity contribution in [3.63, 3.8) is 0 Å². The molecule has 1 amide bonds. The number of halogens is 1. The molecule has 0 bridgehead atoms. The zero-order valence-corrected chi connectivity index (χ0v) is 16.7. The quantitative estimate of drug-likeness (QED) is 0.485. The first kappa shape index (κ1) is 19.0. The molecule has 144 valence electrons. The molecule has 8 heteroatoms. The Bertz CT molecular complexity index is 1180. The Labute approximate surface area is 177 Å². The first-order valence-electron chi connectivity index (χ1n) is 8.85. The van der Waals surface area contributed by atoms with Crippen LogP contribution in [0.2, 0.25) is 5.02 Å². The molecule has 0 unspecified atom stereocenters. The van der Waals surface area contributed by atoms with E-state index in [-0.39, 0.29) is 17.4 Å². The molecule has 0 aliphatic rings. The summed E-state index contributed by atoms with van der Waals surface area (Å²) in [5.41, 5.74) is 3.61. The van der Waals surface area contributed by atoms with E-state index in [1.165, 1.54) is 0 Å². The van der Waals surface area contributed by atoms with E-state index in [0.717, 1.165) is 11.3 Å². The number of fused-ring (bicyclic) bond motifs is 1. The zero-order chi connectivity index (χ0) is 20.2. The number of para-hydroxylation sites is 1. The molecule has 0 saturated carbocycles. The number of thiocarbonyl (C=S) groups is 1. The Morgan fingerprint density at radius 2 is 1.59 bits per heavy atom. The minimum Gasteiger partial charge on any atom is -0.331 e. The number of nitrogens with zero attached hydrogens (tertiary/aromatic N) is 3. The standard InChI is InChI=1S/C21H16ClN5OS/c22-16-12-18-19(26-27(25-18)15-9-5-2-6-10-15)13-17(16)23-21(29)24-20(28)11-14-7-3-1-4-8-14/h1-10,12-13H,11H2,(H2,23,24,28,29). The van der Waals surface area contributed by atoms with Gasteiger partial charge in [0.05, 0.1) is 22.8 Å². The molecule has 0 aliphatic heterocycles. The average Bonchev–Trinajstić information content (AvgIpc) is 3.12. The van der Waals surface area contributed by atoms with Crippen LogP contribution in [0.3, 0.4) is 0 Å². The maximum absolute atomic E-state index is 12.2. The third kappa shape index (κ3) is 4.59. The van der Waals surface area contributed by atoms with E-state index < -0.39 is 0 Å². The maximum atomic E-state index is 12.2. The highest BCUT2D eigenvalue weighted by atomic mass is 35.5. The van der Waals surface area contributed by atoms with Gasteiger partial charge in [0.1, 0.15) is 11.0 Å². The van der Waals surface area contributed by atoms with Gasteiger partial charge in [-0.05, 0) is 42.0 Å². The Balaban J connectivity index is 1.48. The Hall–Kier alpha value is -3.29. The Morgan fingerprint density at radius 1 is 0.966 bits per heavy atom. The second-order valence-electron chi connectivity index (χ2n) is 6.31. The van der Waals surface area contributed by atoms with Gasteiger partial charge >= 0.3 is 0 Å². The second-order valence-corrected chi connectivity index (χ2v) is 7.13. The van der Waals surface area contributed by atoms with Crippen molar-refractivity contribution >= 4 is 51.6 Å². The van der Waals surface area contributed by atoms with Crippen LogP contribution in [-0.2, 0) is 11.2 Å². The highest BCUT2D eigenvalue weighted by Gasteiger charge is 2.12. The second kappa shape index (κ2) is 8.38. The molecule has 1 aromatic heterocycles. The normalized spacial score (nSPS) is 10.7. The van der Waals surface area contributed by atoms with Crippen molar-refractivity contribution in [1.29, 1.82) is 0 Å². The largest absolute Gasteiger partial charge is 0.331 e. The van der Waals surface area contributed by atoms with Crippen molar-refractivity contribution < 1.29 is 4.79 Å². The monoisotopic (exact) mass is 421 g/mol. The molecule has 3 aromatic carbocycles. The van der Waals surface area contributed by atoms with Gasteiger partial charge in [0, 0.05) is 0 Å². The molecule has 4 aromatic rings. The molecule has 0 spiro atoms. The number of aromatic nitrogens is 3. The maximum Gasteiger partial charge on any atom is 0.230 e. The topological polar surface area (TPSA) is 71.8 Å². The number of amides is 1. The summed E-state index contributed by atoms with van der Waals surface area (Å²) in [7, 11) is 0. The third-order valence-corrected chi connectivity index (χ3v) is 4.68. The molecule has 0 fully saturated rings. The van der Waals surface area contributed by atoms with E-state index in [0.29, 0.717) is 21.7 Å². The van der Waals surface area contributed by atoms with Crippen molar-refractivity contribution in [3.05, 3.63) is 83.4 Å². The van der Waals surface area contributed by atoms with Gasteiger partial charge in [0.2, 0.25) is 5.91 Å². The van der Waals surface area contributed by atoms with Crippen LogP contribution in [-0.4, -0.2) is 26.0 Å². The van der Waals surface area contributed by atoms with Crippen molar-refractivity contribution in [2.45, 2.75) is 6.42 Å². The minimum absolute atomic E-state index is 0.169. The predicted octanol–water partition coefficient (Wildman–Crippen LogP) is 4.13. The number of nitrogens with one attached hydrogen (secondary N) is 2. The molecule has 0 radical (unpaired) electrons. The van der Waals surface area contributed by atoms with Gasteiger partial charge in [-0.3, -0.25) is 4.79 Å². The number of carbonyl (C=O) groups is 1. The minimum atomic E-state index is -0.207. The highest BCUT2D eigenvalue weighted by Crippen LogP contribution is 2.27. The van der Waals surface area contributed by atoms with Gasteiger partial charge in [-0.2, -0.15) is 4.80 Å². The lowest BCUT2D eigenvalue weighted by Gasteiger charge is -2.10. The van der Waals surface area contributed by atoms with Crippen LogP contribution in [0.15, 0.2) is 72.8 Å². The summed E-state index contributed by atoms with van der Waals surface area (Å²) in [6.07, 6.45) is 0.237. The molecule has 0 atom stereocenters. The third-order valence-electron chi connectivity index (χ3n) is 4.16. The first-order valence-corrected chi connectivity index (χ1v) is 9.64. The van der Waals surface area contributed by atoms with Gasteiger partial charge in [-0.25, -0.2) is 0 Å². The van der Waals surface area contributed by atoms with Crippen LogP contribution in [0.5, 0.6) is 0 Å². The van der Waals surface area contributed by atoms with Crippen LogP contribution in [0.1, 0.15) is 5.56 Å². The van der Waals surface area contributed by atoms with E-state index >= 15 is 0 Å². The van der Waals surface area contributed by atoms with Crippen LogP contribution < -0.4 is 10.6 Å². The number of anilines is 1. The Kier molecular flexibility index (Phi) is 5.50. The average molecular weight is 422 g/mol. The van der Waals surface area contributed by atoms with E-state index in [1.54, 1.807) is 16.9 Å². The van der Waals surface area contributed by atoms with Crippen LogP contribution in [0.25, 0.3) is 16.7 Å². The zero-order valence-electron chi connectivity index (χ0n) is 15.2. The van der Waals surface area contributed by atoms with E-state index in [1.807, 2.05) is 60.7 Å². The predicted molar refractivity (Wildman–Crippen MR) is 118 cm³/mol. The number of carbonyl (C=O) groups excluding carboxylic acids is 1. The summed E-state index contributed by atoms with van der Waals surface area (Å²) < 4.78 is 0. The number of benzene rings is 3. The molecule has 6 nitrogen and oxygen atoms in total. The fraction of sp³-hybridized carbons (Fsp3) is 0.0476. The summed E-state index contributed by atoms with van der Waals surface area (Å²) in [6, 6.07) is 22.5. The molecule has 1 heterocycles. The van der Waals surface area contributed by atoms with Crippen molar-refractivity contribution in [2.75, 3.05) is 5.32 Å². The van der Waals surface area contributed by atoms with Crippen molar-refractivity contribution in [1.82, 2.24) is 20.3 Å². The van der Waals surface area contributed by atoms with Crippen molar-refractivity contribution in [3.8, 4) is 5.69 Å². The summed E-state index contributed by atoms with van der Waals surface area (Å²) >= 11 is 11.6. The number of hydrogen-bond acceptors (Lipinski definition) is 4. The van der Waals surface area contributed by atoms with Crippen LogP contribution in [0.4, 0.5) is 5.69 Å². The summed E-state index contributed by atoms with van der Waals surface area (Å²) in [5, 5.41) is 15.2. The van der Waals surface area contributed by atoms with E-state index in [4.69, 9.17) is 23.8 Å². The summed E-state index contributed by atoms with van der Waals surface area (Å²) in [6.45, 7) is 0. The lowest BCUT2D eigenvalue weighted by atomic mass is 10.1. The smallest absolute Gasteiger partial charge is 0.230 e. The fourth-order valence-corrected chi connectivity index (χ4v) is 3.25. The SMILES string of the molecule is O=C(Cc1ccccc1)NC(=S)Nc1cc2nn(-c3ccccc3)nc2cc1Cl. The fourth-order valence-electron chi connectivity index (χ4n) is 2.82. The molecule has 4 rings (SSSR count). The first-order chi connectivity index (χ1) is 14.1. The van der Waals surface area contributed by atoms with Crippen LogP contribution in [0, 0.1) is 0 Å². The highest BCUT2D eigenvalue weighted by molar-refractivity contribution is 7.80. The van der Waals surface area contributed by atoms with Crippen LogP contribution >= 0.6 is 23.8 Å². The van der Waals surface area contributed by atoms with E-state index in [2.05, 4.69) is 20.8 Å². The van der Waals surface area contributed by atoms with Gasteiger partial charge < -0.3 is 10.6 Å². The molecule has 29 heavy (non-hydrogen) atoms.